The van der Waals surface area contributed by atoms with E-state index in [-0.39, 0.29) is 53.5 Å². The third-order valence-electron chi connectivity index (χ3n) is 12.4. The number of fused-ring (bicyclic) bond motifs is 5. The van der Waals surface area contributed by atoms with E-state index >= 15 is 0 Å². The highest BCUT2D eigenvalue weighted by atomic mass is 32.2. The summed E-state index contributed by atoms with van der Waals surface area (Å²) in [6.45, 7) is 5.43. The van der Waals surface area contributed by atoms with Crippen molar-refractivity contribution in [1.82, 2.24) is 9.80 Å². The second-order valence-corrected chi connectivity index (χ2v) is 17.0. The third kappa shape index (κ3) is 7.58. The van der Waals surface area contributed by atoms with Gasteiger partial charge in [0.1, 0.15) is 5.75 Å². The van der Waals surface area contributed by atoms with Gasteiger partial charge < -0.3 is 14.5 Å². The predicted molar refractivity (Wildman–Crippen MR) is 174 cm³/mol. The van der Waals surface area contributed by atoms with Crippen LogP contribution in [0.1, 0.15) is 94.6 Å². The lowest BCUT2D eigenvalue weighted by molar-refractivity contribution is -0.284. The van der Waals surface area contributed by atoms with E-state index in [1.807, 2.05) is 25.1 Å². The molecule has 1 aromatic carbocycles. The van der Waals surface area contributed by atoms with Gasteiger partial charge in [0.05, 0.1) is 0 Å². The molecule has 4 fully saturated rings. The topological polar surface area (TPSA) is 66.9 Å². The van der Waals surface area contributed by atoms with Crippen molar-refractivity contribution in [3.63, 3.8) is 0 Å². The van der Waals surface area contributed by atoms with Crippen LogP contribution in [0.5, 0.6) is 5.75 Å². The molecule has 2 unspecified atom stereocenters. The predicted octanol–water partition coefficient (Wildman–Crippen LogP) is 7.85. The van der Waals surface area contributed by atoms with Gasteiger partial charge in [-0.25, -0.2) is 9.18 Å². The Labute approximate surface area is 287 Å². The monoisotopic (exact) mass is 718 g/mol. The summed E-state index contributed by atoms with van der Waals surface area (Å²) in [7, 11) is -1.56. The van der Waals surface area contributed by atoms with E-state index in [4.69, 9.17) is 4.74 Å². The summed E-state index contributed by atoms with van der Waals surface area (Å²) in [5.74, 6) is -4.80. The Balaban J connectivity index is 1.11. The van der Waals surface area contributed by atoms with Crippen molar-refractivity contribution in [3.8, 4) is 5.75 Å². The van der Waals surface area contributed by atoms with Crippen LogP contribution in [0.15, 0.2) is 18.2 Å². The Bertz CT molecular complexity index is 1400. The first-order chi connectivity index (χ1) is 23.2. The number of carbonyl (C=O) groups is 2. The van der Waals surface area contributed by atoms with Crippen molar-refractivity contribution >= 4 is 22.7 Å². The molecule has 0 aromatic heterocycles. The maximum absolute atomic E-state index is 14.9. The Morgan fingerprint density at radius 3 is 2.41 bits per heavy atom. The van der Waals surface area contributed by atoms with E-state index < -0.39 is 47.3 Å². The maximum atomic E-state index is 14.9. The molecule has 0 spiro atoms. The Hall–Kier alpha value is -2.15. The molecule has 2 aliphatic heterocycles. The molecule has 6 nitrogen and oxygen atoms in total. The van der Waals surface area contributed by atoms with Gasteiger partial charge in [0, 0.05) is 53.3 Å². The first kappa shape index (κ1) is 36.6. The molecule has 2 heterocycles. The number of Topliss-reactive ketones (excluding diaryl/α,β-unsaturated/α-hetero) is 1. The summed E-state index contributed by atoms with van der Waals surface area (Å²) in [6, 6.07) is 6.25. The van der Waals surface area contributed by atoms with Crippen molar-refractivity contribution in [3.05, 3.63) is 29.3 Å². The van der Waals surface area contributed by atoms with Gasteiger partial charge in [-0.05, 0) is 131 Å². The molecule has 13 heteroatoms. The van der Waals surface area contributed by atoms with Gasteiger partial charge in [-0.3, -0.25) is 9.00 Å². The minimum absolute atomic E-state index is 0.0140. The highest BCUT2D eigenvalue weighted by Crippen LogP contribution is 2.62. The van der Waals surface area contributed by atoms with Gasteiger partial charge in [-0.1, -0.05) is 13.0 Å². The normalized spacial score (nSPS) is 31.7. The number of ether oxygens (including phenoxy) is 1. The van der Waals surface area contributed by atoms with Crippen molar-refractivity contribution in [2.75, 3.05) is 37.7 Å². The van der Waals surface area contributed by atoms with E-state index in [9.17, 15) is 40.1 Å². The fraction of sp³-hybridized carbons (Fsp3) is 0.778. The number of carbonyl (C=O) groups excluding carboxylic acids is 2. The lowest BCUT2D eigenvalue weighted by Crippen LogP contribution is -2.47. The second-order valence-electron chi connectivity index (χ2n) is 15.3. The number of hydrogen-bond acceptors (Lipinski definition) is 5. The first-order valence-electron chi connectivity index (χ1n) is 18.0. The molecule has 1 amide bonds. The van der Waals surface area contributed by atoms with Crippen molar-refractivity contribution in [1.29, 1.82) is 0 Å². The molecule has 0 N–H and O–H groups in total. The van der Waals surface area contributed by atoms with Crippen LogP contribution in [0.25, 0.3) is 0 Å². The minimum Gasteiger partial charge on any atom is -0.410 e. The van der Waals surface area contributed by atoms with Crippen LogP contribution in [0.3, 0.4) is 0 Å². The van der Waals surface area contributed by atoms with Crippen molar-refractivity contribution in [2.45, 2.75) is 114 Å². The molecule has 2 saturated heterocycles. The summed E-state index contributed by atoms with van der Waals surface area (Å²) in [4.78, 5) is 30.4. The van der Waals surface area contributed by atoms with E-state index in [1.54, 1.807) is 4.90 Å². The number of alkyl halides is 6. The Morgan fingerprint density at radius 2 is 1.71 bits per heavy atom. The highest BCUT2D eigenvalue weighted by molar-refractivity contribution is 7.84. The largest absolute Gasteiger partial charge is 0.453 e. The molecule has 5 aliphatic rings. The smallest absolute Gasteiger partial charge is 0.410 e. The molecule has 7 atom stereocenters. The number of benzene rings is 1. The zero-order chi connectivity index (χ0) is 35.1. The van der Waals surface area contributed by atoms with Crippen LogP contribution >= 0.6 is 0 Å². The zero-order valence-electron chi connectivity index (χ0n) is 28.1. The van der Waals surface area contributed by atoms with Crippen LogP contribution in [0, 0.1) is 23.2 Å². The summed E-state index contributed by atoms with van der Waals surface area (Å²) in [5.41, 5.74) is 1.41. The fourth-order valence-electron chi connectivity index (χ4n) is 9.76. The van der Waals surface area contributed by atoms with Crippen LogP contribution in [-0.4, -0.2) is 87.9 Å². The average Bonchev–Trinajstić information content (AvgIpc) is 3.67. The molecule has 49 heavy (non-hydrogen) atoms. The number of piperidine rings is 1. The van der Waals surface area contributed by atoms with Gasteiger partial charge in [-0.15, -0.1) is 0 Å². The number of rotatable bonds is 10. The molecule has 274 valence electrons. The van der Waals surface area contributed by atoms with Crippen LogP contribution in [-0.2, 0) is 22.0 Å². The molecule has 1 aromatic rings. The van der Waals surface area contributed by atoms with Gasteiger partial charge in [0.25, 0.3) is 0 Å². The van der Waals surface area contributed by atoms with E-state index in [0.29, 0.717) is 57.0 Å². The molecule has 0 bridgehead atoms. The van der Waals surface area contributed by atoms with Crippen molar-refractivity contribution < 1.29 is 44.9 Å². The third-order valence-corrected chi connectivity index (χ3v) is 13.9. The molecule has 2 saturated carbocycles. The average molecular weight is 719 g/mol. The van der Waals surface area contributed by atoms with Gasteiger partial charge in [0.15, 0.2) is 12.0 Å². The van der Waals surface area contributed by atoms with Crippen molar-refractivity contribution in [2.24, 2.45) is 23.2 Å². The Morgan fingerprint density at radius 1 is 1.02 bits per heavy atom. The lowest BCUT2D eigenvalue weighted by atomic mass is 9.52. The standard InChI is InChI=1S/C36H48F6N2O4S/c1-34-13-9-28-27-8-7-26(48-33(46)44-16-10-25(11-17-44)43-14-2-3-15-43)21-24(27)20-23(31(28)29(34)22-30(37)32(34)45)6-4-18-49(47)19-5-12-35(38,39)36(40,41)42/h7-8,21,23,25,28-31H,2-6,9-20,22H2,1H3/t23-,28-,29+,30?,31-,34+,49?/m1/s1. The molecule has 0 radical (unpaired) electrons. The molecule has 6 rings (SSSR count). The summed E-state index contributed by atoms with van der Waals surface area (Å²) in [6.07, 6.45) is -1.94. The van der Waals surface area contributed by atoms with Gasteiger partial charge in [-0.2, -0.15) is 22.0 Å². The van der Waals surface area contributed by atoms with Crippen LogP contribution in [0.4, 0.5) is 31.1 Å². The minimum atomic E-state index is -5.63. The quantitative estimate of drug-likeness (QED) is 0.231. The first-order valence-corrected chi connectivity index (χ1v) is 19.5. The summed E-state index contributed by atoms with van der Waals surface area (Å²) < 4.78 is 97.6. The van der Waals surface area contributed by atoms with Crippen LogP contribution in [0.2, 0.25) is 0 Å². The molecular formula is C36H48F6N2O4S. The number of nitrogens with zero attached hydrogens (tertiary/aromatic N) is 2. The Kier molecular flexibility index (Phi) is 10.8. The number of likely N-dealkylation sites (tertiary alicyclic amines) is 2. The van der Waals surface area contributed by atoms with E-state index in [2.05, 4.69) is 4.90 Å². The van der Waals surface area contributed by atoms with E-state index in [0.717, 1.165) is 37.1 Å². The molecular weight excluding hydrogens is 670 g/mol. The summed E-state index contributed by atoms with van der Waals surface area (Å²) >= 11 is 0. The lowest BCUT2D eigenvalue weighted by Gasteiger charge is -2.51. The summed E-state index contributed by atoms with van der Waals surface area (Å²) in [5, 5.41) is 0. The zero-order valence-corrected chi connectivity index (χ0v) is 28.9. The second kappa shape index (κ2) is 14.5. The van der Waals surface area contributed by atoms with Crippen LogP contribution < -0.4 is 4.74 Å². The number of amides is 1. The molecule has 3 aliphatic carbocycles. The van der Waals surface area contributed by atoms with Gasteiger partial charge >= 0.3 is 18.2 Å². The number of halogens is 6. The van der Waals surface area contributed by atoms with Gasteiger partial charge in [0.2, 0.25) is 0 Å². The van der Waals surface area contributed by atoms with E-state index in [1.165, 1.54) is 12.8 Å². The SMILES string of the molecule is C[C@]12CC[C@@H]3c4ccc(OC(=O)N5CCC(N6CCCC6)CC5)cc4C[C@@H](CCCS(=O)CCCC(F)(F)C(F)(F)F)[C@H]3[C@@H]1CC(F)C2=O. The number of hydrogen-bond donors (Lipinski definition) is 0. The maximum Gasteiger partial charge on any atom is 0.453 e. The highest BCUT2D eigenvalue weighted by Gasteiger charge is 2.60. The number of ketones is 1. The fourth-order valence-corrected chi connectivity index (χ4v) is 10.9.